The maximum atomic E-state index is 12.3. The molecule has 3 aromatic rings. The molecule has 0 amide bonds. The number of hydrogen-bond donors (Lipinski definition) is 0. The van der Waals surface area contributed by atoms with Gasteiger partial charge in [-0.2, -0.15) is 9.61 Å². The number of nitrogens with zero attached hydrogens (tertiary/aromatic N) is 4. The first kappa shape index (κ1) is 17.5. The molecule has 0 radical (unpaired) electrons. The molecule has 9 heteroatoms. The predicted octanol–water partition coefficient (Wildman–Crippen LogP) is 3.88. The normalized spacial score (nSPS) is 15.1. The van der Waals surface area contributed by atoms with Crippen LogP contribution < -0.4 is 4.74 Å². The van der Waals surface area contributed by atoms with Crippen molar-refractivity contribution in [3.05, 3.63) is 47.8 Å². The van der Waals surface area contributed by atoms with Crippen molar-refractivity contribution in [2.24, 2.45) is 0 Å². The summed E-state index contributed by atoms with van der Waals surface area (Å²) in [4.78, 5) is 0. The first-order valence-electron chi connectivity index (χ1n) is 8.34. The molecular weight excluding hydrogens is 361 g/mol. The van der Waals surface area contributed by atoms with Crippen molar-refractivity contribution < 1.29 is 22.6 Å². The van der Waals surface area contributed by atoms with Gasteiger partial charge in [0.05, 0.1) is 18.9 Å². The highest BCUT2D eigenvalue weighted by atomic mass is 19.4. The third-order valence-electron chi connectivity index (χ3n) is 4.14. The topological polar surface area (TPSA) is 61.5 Å². The Morgan fingerprint density at radius 3 is 2.44 bits per heavy atom. The van der Waals surface area contributed by atoms with E-state index in [0.29, 0.717) is 35.9 Å². The molecule has 0 bridgehead atoms. The Balaban J connectivity index is 1.64. The SMILES string of the molecule is FC(F)(F)Oc1ccc(-c2ccc3nnc(C=C4CCOCC4)n3n2)cc1. The van der Waals surface area contributed by atoms with Gasteiger partial charge in [0.15, 0.2) is 11.5 Å². The van der Waals surface area contributed by atoms with E-state index in [1.807, 2.05) is 6.08 Å². The van der Waals surface area contributed by atoms with Gasteiger partial charge in [0.1, 0.15) is 5.75 Å². The second-order valence-electron chi connectivity index (χ2n) is 6.03. The zero-order valence-electron chi connectivity index (χ0n) is 14.1. The highest BCUT2D eigenvalue weighted by Crippen LogP contribution is 2.26. The molecule has 0 spiro atoms. The number of rotatable bonds is 3. The Hall–Kier alpha value is -2.94. The predicted molar refractivity (Wildman–Crippen MR) is 90.9 cm³/mol. The van der Waals surface area contributed by atoms with Gasteiger partial charge in [-0.05, 0) is 55.3 Å². The van der Waals surface area contributed by atoms with Crippen LogP contribution in [0.2, 0.25) is 0 Å². The summed E-state index contributed by atoms with van der Waals surface area (Å²) in [5, 5.41) is 12.8. The largest absolute Gasteiger partial charge is 0.573 e. The van der Waals surface area contributed by atoms with E-state index in [9.17, 15) is 13.2 Å². The molecule has 0 saturated carbocycles. The van der Waals surface area contributed by atoms with E-state index >= 15 is 0 Å². The third-order valence-corrected chi connectivity index (χ3v) is 4.14. The lowest BCUT2D eigenvalue weighted by Crippen LogP contribution is -2.16. The second kappa shape index (κ2) is 6.99. The van der Waals surface area contributed by atoms with Crippen LogP contribution in [0.15, 0.2) is 42.0 Å². The molecule has 140 valence electrons. The second-order valence-corrected chi connectivity index (χ2v) is 6.03. The molecule has 0 unspecified atom stereocenters. The first-order valence-corrected chi connectivity index (χ1v) is 8.34. The summed E-state index contributed by atoms with van der Waals surface area (Å²) in [6.07, 6.45) is -1.07. The third kappa shape index (κ3) is 4.08. The number of hydrogen-bond acceptors (Lipinski definition) is 5. The zero-order chi connectivity index (χ0) is 18.9. The summed E-state index contributed by atoms with van der Waals surface area (Å²) < 4.78 is 47.7. The average Bonchev–Trinajstić information content (AvgIpc) is 3.04. The van der Waals surface area contributed by atoms with Crippen molar-refractivity contribution >= 4 is 11.7 Å². The molecule has 4 rings (SSSR count). The number of halogens is 3. The van der Waals surface area contributed by atoms with Gasteiger partial charge in [-0.25, -0.2) is 0 Å². The first-order chi connectivity index (χ1) is 13.0. The highest BCUT2D eigenvalue weighted by Gasteiger charge is 2.31. The van der Waals surface area contributed by atoms with E-state index in [0.717, 1.165) is 12.8 Å². The van der Waals surface area contributed by atoms with Crippen LogP contribution in [0.5, 0.6) is 5.75 Å². The summed E-state index contributed by atoms with van der Waals surface area (Å²) in [6.45, 7) is 1.38. The lowest BCUT2D eigenvalue weighted by Gasteiger charge is -2.13. The van der Waals surface area contributed by atoms with Crippen LogP contribution >= 0.6 is 0 Å². The Kier molecular flexibility index (Phi) is 4.53. The van der Waals surface area contributed by atoms with Gasteiger partial charge in [0.25, 0.3) is 0 Å². The minimum absolute atomic E-state index is 0.276. The molecular formula is C18H15F3N4O2. The summed E-state index contributed by atoms with van der Waals surface area (Å²) in [5.74, 6) is 0.336. The molecule has 27 heavy (non-hydrogen) atoms. The van der Waals surface area contributed by atoms with E-state index in [4.69, 9.17) is 4.74 Å². The molecule has 1 aliphatic heterocycles. The minimum Gasteiger partial charge on any atom is -0.406 e. The van der Waals surface area contributed by atoms with Gasteiger partial charge >= 0.3 is 6.36 Å². The summed E-state index contributed by atoms with van der Waals surface area (Å²) in [7, 11) is 0. The molecule has 0 atom stereocenters. The van der Waals surface area contributed by atoms with Crippen molar-refractivity contribution in [2.45, 2.75) is 19.2 Å². The number of benzene rings is 1. The van der Waals surface area contributed by atoms with Gasteiger partial charge in [-0.3, -0.25) is 0 Å². The highest BCUT2D eigenvalue weighted by molar-refractivity contribution is 5.62. The Labute approximate surface area is 152 Å². The lowest BCUT2D eigenvalue weighted by molar-refractivity contribution is -0.274. The monoisotopic (exact) mass is 376 g/mol. The lowest BCUT2D eigenvalue weighted by atomic mass is 10.1. The molecule has 1 saturated heterocycles. The van der Waals surface area contributed by atoms with Crippen molar-refractivity contribution in [3.8, 4) is 17.0 Å². The van der Waals surface area contributed by atoms with E-state index in [2.05, 4.69) is 20.0 Å². The molecule has 1 aromatic carbocycles. The average molecular weight is 376 g/mol. The van der Waals surface area contributed by atoms with E-state index in [1.165, 1.54) is 29.8 Å². The van der Waals surface area contributed by atoms with Gasteiger partial charge in [0, 0.05) is 5.56 Å². The van der Waals surface area contributed by atoms with Gasteiger partial charge < -0.3 is 9.47 Å². The summed E-state index contributed by atoms with van der Waals surface area (Å²) >= 11 is 0. The van der Waals surface area contributed by atoms with Crippen LogP contribution in [0.25, 0.3) is 23.0 Å². The smallest absolute Gasteiger partial charge is 0.406 e. The van der Waals surface area contributed by atoms with Crippen molar-refractivity contribution in [2.75, 3.05) is 13.2 Å². The molecule has 1 fully saturated rings. The van der Waals surface area contributed by atoms with Crippen LogP contribution in [0.1, 0.15) is 18.7 Å². The van der Waals surface area contributed by atoms with Crippen LogP contribution in [-0.4, -0.2) is 39.4 Å². The molecule has 0 N–H and O–H groups in total. The van der Waals surface area contributed by atoms with Crippen LogP contribution in [0, 0.1) is 0 Å². The number of aromatic nitrogens is 4. The van der Waals surface area contributed by atoms with Gasteiger partial charge in [0.2, 0.25) is 0 Å². The maximum Gasteiger partial charge on any atom is 0.573 e. The fourth-order valence-corrected chi connectivity index (χ4v) is 2.84. The van der Waals surface area contributed by atoms with E-state index in [-0.39, 0.29) is 5.75 Å². The number of alkyl halides is 3. The van der Waals surface area contributed by atoms with E-state index in [1.54, 1.807) is 16.6 Å². The standard InChI is InChI=1S/C18H15F3N4O2/c19-18(20,21)27-14-3-1-13(2-4-14)15-5-6-16-22-23-17(25(16)24-15)11-12-7-9-26-10-8-12/h1-6,11H,7-10H2. The van der Waals surface area contributed by atoms with E-state index < -0.39 is 6.36 Å². The molecule has 3 heterocycles. The molecule has 6 nitrogen and oxygen atoms in total. The van der Waals surface area contributed by atoms with Crippen molar-refractivity contribution in [1.29, 1.82) is 0 Å². The maximum absolute atomic E-state index is 12.3. The molecule has 0 aliphatic carbocycles. The van der Waals surface area contributed by atoms with Crippen LogP contribution in [0.4, 0.5) is 13.2 Å². The quantitative estimate of drug-likeness (QED) is 0.694. The van der Waals surface area contributed by atoms with Crippen LogP contribution in [-0.2, 0) is 4.74 Å². The summed E-state index contributed by atoms with van der Waals surface area (Å²) in [5.41, 5.74) is 3.06. The Morgan fingerprint density at radius 2 is 1.74 bits per heavy atom. The Bertz CT molecular complexity index is 972. The zero-order valence-corrected chi connectivity index (χ0v) is 14.1. The van der Waals surface area contributed by atoms with Crippen molar-refractivity contribution in [1.82, 2.24) is 19.8 Å². The fraction of sp³-hybridized carbons (Fsp3) is 0.278. The molecule has 1 aliphatic rings. The van der Waals surface area contributed by atoms with Gasteiger partial charge in [-0.1, -0.05) is 5.57 Å². The van der Waals surface area contributed by atoms with Crippen molar-refractivity contribution in [3.63, 3.8) is 0 Å². The molecule has 2 aromatic heterocycles. The minimum atomic E-state index is -4.71. The summed E-state index contributed by atoms with van der Waals surface area (Å²) in [6, 6.07) is 9.07. The van der Waals surface area contributed by atoms with Gasteiger partial charge in [-0.15, -0.1) is 23.4 Å². The fourth-order valence-electron chi connectivity index (χ4n) is 2.84. The van der Waals surface area contributed by atoms with Crippen LogP contribution in [0.3, 0.4) is 0 Å². The number of fused-ring (bicyclic) bond motifs is 1. The Morgan fingerprint density at radius 1 is 1.00 bits per heavy atom. The number of ether oxygens (including phenoxy) is 2.